The molecule has 0 fully saturated rings. The van der Waals surface area contributed by atoms with Gasteiger partial charge in [0.1, 0.15) is 12.4 Å². The van der Waals surface area contributed by atoms with Crippen molar-refractivity contribution in [2.45, 2.75) is 39.1 Å². The van der Waals surface area contributed by atoms with Crippen molar-refractivity contribution in [3.8, 4) is 5.75 Å². The lowest BCUT2D eigenvalue weighted by Crippen LogP contribution is -2.25. The first-order chi connectivity index (χ1) is 12.3. The lowest BCUT2D eigenvalue weighted by atomic mass is 10.0. The number of aryl methyl sites for hydroxylation is 2. The van der Waals surface area contributed by atoms with Crippen LogP contribution >= 0.6 is 0 Å². The summed E-state index contributed by atoms with van der Waals surface area (Å²) in [5.41, 5.74) is 4.41. The third-order valence-corrected chi connectivity index (χ3v) is 6.19. The molecule has 0 aliphatic rings. The molecule has 0 radical (unpaired) electrons. The second-order valence-electron chi connectivity index (χ2n) is 6.40. The number of nitrogens with one attached hydrogen (secondary N) is 1. The van der Waals surface area contributed by atoms with E-state index in [1.807, 2.05) is 58.0 Å². The monoisotopic (exact) mass is 377 g/mol. The Bertz CT molecular complexity index is 832. The number of rotatable bonds is 8. The van der Waals surface area contributed by atoms with E-state index in [-0.39, 0.29) is 6.54 Å². The minimum Gasteiger partial charge on any atom is -0.491 e. The number of sulfonamides is 1. The summed E-state index contributed by atoms with van der Waals surface area (Å²) < 4.78 is 38.8. The molecule has 0 saturated carbocycles. The van der Waals surface area contributed by atoms with Crippen molar-refractivity contribution in [1.82, 2.24) is 4.72 Å². The van der Waals surface area contributed by atoms with Crippen molar-refractivity contribution < 1.29 is 17.9 Å². The number of hydrogen-bond acceptors (Lipinski definition) is 4. The zero-order valence-corrected chi connectivity index (χ0v) is 16.9. The fourth-order valence-electron chi connectivity index (χ4n) is 2.78. The molecule has 6 heteroatoms. The first-order valence-electron chi connectivity index (χ1n) is 8.54. The minimum atomic E-state index is -3.59. The number of hydrogen-bond donors (Lipinski definition) is 1. The molecule has 0 atom stereocenters. The van der Waals surface area contributed by atoms with E-state index in [2.05, 4.69) is 4.72 Å². The second-order valence-corrected chi connectivity index (χ2v) is 8.10. The van der Waals surface area contributed by atoms with E-state index in [9.17, 15) is 8.42 Å². The Balaban J connectivity index is 2.12. The van der Waals surface area contributed by atoms with Gasteiger partial charge in [0.2, 0.25) is 10.0 Å². The van der Waals surface area contributed by atoms with Gasteiger partial charge in [-0.05, 0) is 67.6 Å². The zero-order valence-electron chi connectivity index (χ0n) is 16.0. The van der Waals surface area contributed by atoms with Gasteiger partial charge in [-0.1, -0.05) is 18.2 Å². The summed E-state index contributed by atoms with van der Waals surface area (Å²) in [7, 11) is -1.97. The molecule has 0 amide bonds. The SMILES string of the molecule is COCCOc1ccc(CNS(=O)(=O)c2c(C)c(C)cc(C)c2C)cc1. The molecule has 142 valence electrons. The lowest BCUT2D eigenvalue weighted by Gasteiger charge is -2.16. The van der Waals surface area contributed by atoms with Gasteiger partial charge in [0.25, 0.3) is 0 Å². The Labute approximate surface area is 156 Å². The Morgan fingerprint density at radius 3 is 2.04 bits per heavy atom. The van der Waals surface area contributed by atoms with E-state index >= 15 is 0 Å². The summed E-state index contributed by atoms with van der Waals surface area (Å²) in [5.74, 6) is 0.731. The molecule has 0 unspecified atom stereocenters. The third kappa shape index (κ3) is 4.84. The van der Waals surface area contributed by atoms with Crippen LogP contribution in [0.2, 0.25) is 0 Å². The highest BCUT2D eigenvalue weighted by Gasteiger charge is 2.21. The fourth-order valence-corrected chi connectivity index (χ4v) is 4.41. The maximum atomic E-state index is 12.8. The summed E-state index contributed by atoms with van der Waals surface area (Å²) >= 11 is 0. The van der Waals surface area contributed by atoms with Gasteiger partial charge in [-0.3, -0.25) is 0 Å². The van der Waals surface area contributed by atoms with Gasteiger partial charge in [-0.2, -0.15) is 0 Å². The predicted molar refractivity (Wildman–Crippen MR) is 103 cm³/mol. The van der Waals surface area contributed by atoms with Crippen LogP contribution in [0.15, 0.2) is 35.2 Å². The number of ether oxygens (including phenoxy) is 2. The molecule has 0 spiro atoms. The van der Waals surface area contributed by atoms with Crippen LogP contribution in [-0.4, -0.2) is 28.7 Å². The largest absolute Gasteiger partial charge is 0.491 e. The Morgan fingerprint density at radius 2 is 1.50 bits per heavy atom. The van der Waals surface area contributed by atoms with Crippen LogP contribution in [0.4, 0.5) is 0 Å². The van der Waals surface area contributed by atoms with Gasteiger partial charge in [0.05, 0.1) is 11.5 Å². The first kappa shape index (κ1) is 20.4. The standard InChI is InChI=1S/C20H27NO4S/c1-14-12-15(2)17(4)20(16(14)3)26(22,23)21-13-18-6-8-19(9-7-18)25-11-10-24-5/h6-9,12,21H,10-11,13H2,1-5H3. The van der Waals surface area contributed by atoms with Gasteiger partial charge in [0.15, 0.2) is 0 Å². The van der Waals surface area contributed by atoms with Gasteiger partial charge >= 0.3 is 0 Å². The molecule has 0 aliphatic heterocycles. The topological polar surface area (TPSA) is 64.6 Å². The van der Waals surface area contributed by atoms with Crippen LogP contribution in [-0.2, 0) is 21.3 Å². The third-order valence-electron chi connectivity index (χ3n) is 4.51. The molecular formula is C20H27NO4S. The minimum absolute atomic E-state index is 0.229. The van der Waals surface area contributed by atoms with Crippen molar-refractivity contribution in [3.05, 3.63) is 58.1 Å². The maximum absolute atomic E-state index is 12.8. The molecular weight excluding hydrogens is 350 g/mol. The van der Waals surface area contributed by atoms with Gasteiger partial charge in [-0.15, -0.1) is 0 Å². The summed E-state index contributed by atoms with van der Waals surface area (Å²) in [6.45, 7) is 8.80. The van der Waals surface area contributed by atoms with Crippen LogP contribution in [0, 0.1) is 27.7 Å². The number of benzene rings is 2. The smallest absolute Gasteiger partial charge is 0.241 e. The summed E-state index contributed by atoms with van der Waals surface area (Å²) in [4.78, 5) is 0.384. The Kier molecular flexibility index (Phi) is 6.81. The van der Waals surface area contributed by atoms with Gasteiger partial charge < -0.3 is 9.47 Å². The van der Waals surface area contributed by atoms with Crippen molar-refractivity contribution in [1.29, 1.82) is 0 Å². The molecule has 0 bridgehead atoms. The summed E-state index contributed by atoms with van der Waals surface area (Å²) in [6, 6.07) is 9.38. The highest BCUT2D eigenvalue weighted by Crippen LogP contribution is 2.26. The van der Waals surface area contributed by atoms with Crippen molar-refractivity contribution in [2.75, 3.05) is 20.3 Å². The van der Waals surface area contributed by atoms with E-state index in [0.29, 0.717) is 18.1 Å². The van der Waals surface area contributed by atoms with E-state index < -0.39 is 10.0 Å². The summed E-state index contributed by atoms with van der Waals surface area (Å²) in [6.07, 6.45) is 0. The van der Waals surface area contributed by atoms with Crippen LogP contribution in [0.1, 0.15) is 27.8 Å². The quantitative estimate of drug-likeness (QED) is 0.716. The molecule has 0 aliphatic carbocycles. The molecule has 2 aromatic carbocycles. The highest BCUT2D eigenvalue weighted by molar-refractivity contribution is 7.89. The van der Waals surface area contributed by atoms with Crippen LogP contribution in [0.25, 0.3) is 0 Å². The normalized spacial score (nSPS) is 11.6. The predicted octanol–water partition coefficient (Wildman–Crippen LogP) is 3.42. The van der Waals surface area contributed by atoms with Crippen LogP contribution in [0.5, 0.6) is 5.75 Å². The van der Waals surface area contributed by atoms with Crippen LogP contribution < -0.4 is 9.46 Å². The lowest BCUT2D eigenvalue weighted by molar-refractivity contribution is 0.146. The highest BCUT2D eigenvalue weighted by atomic mass is 32.2. The molecule has 0 aromatic heterocycles. The first-order valence-corrected chi connectivity index (χ1v) is 10.0. The summed E-state index contributed by atoms with van der Waals surface area (Å²) in [5, 5.41) is 0. The molecule has 2 rings (SSSR count). The van der Waals surface area contributed by atoms with E-state index in [4.69, 9.17) is 9.47 Å². The maximum Gasteiger partial charge on any atom is 0.241 e. The molecule has 1 N–H and O–H groups in total. The second kappa shape index (κ2) is 8.66. The van der Waals surface area contributed by atoms with E-state index in [1.54, 1.807) is 7.11 Å². The average molecular weight is 378 g/mol. The molecule has 5 nitrogen and oxygen atoms in total. The van der Waals surface area contributed by atoms with E-state index in [1.165, 1.54) is 0 Å². The van der Waals surface area contributed by atoms with Gasteiger partial charge in [0, 0.05) is 13.7 Å². The van der Waals surface area contributed by atoms with E-state index in [0.717, 1.165) is 33.6 Å². The molecule has 0 saturated heterocycles. The van der Waals surface area contributed by atoms with Crippen molar-refractivity contribution >= 4 is 10.0 Å². The Morgan fingerprint density at radius 1 is 0.923 bits per heavy atom. The van der Waals surface area contributed by atoms with Crippen molar-refractivity contribution in [2.24, 2.45) is 0 Å². The average Bonchev–Trinajstić information content (AvgIpc) is 2.60. The fraction of sp³-hybridized carbons (Fsp3) is 0.400. The molecule has 0 heterocycles. The van der Waals surface area contributed by atoms with Crippen LogP contribution in [0.3, 0.4) is 0 Å². The molecule has 2 aromatic rings. The zero-order chi connectivity index (χ0) is 19.3. The Hall–Kier alpha value is -1.89. The van der Waals surface area contributed by atoms with Gasteiger partial charge in [-0.25, -0.2) is 13.1 Å². The number of methoxy groups -OCH3 is 1. The van der Waals surface area contributed by atoms with Crippen molar-refractivity contribution in [3.63, 3.8) is 0 Å². The molecule has 26 heavy (non-hydrogen) atoms.